The smallest absolute Gasteiger partial charge is 0.507 e. The predicted octanol–water partition coefficient (Wildman–Crippen LogP) is 7.76. The van der Waals surface area contributed by atoms with Gasteiger partial charge in [0.1, 0.15) is 5.75 Å². The van der Waals surface area contributed by atoms with E-state index in [-0.39, 0.29) is 34.9 Å². The third-order valence-electron chi connectivity index (χ3n) is 13.0. The van der Waals surface area contributed by atoms with Gasteiger partial charge in [-0.25, -0.2) is 4.57 Å². The summed E-state index contributed by atoms with van der Waals surface area (Å²) in [5.74, 6) is 0.292. The topological polar surface area (TPSA) is 82.1 Å². The van der Waals surface area contributed by atoms with Crippen molar-refractivity contribution in [3.63, 3.8) is 0 Å². The first-order valence-electron chi connectivity index (χ1n) is 16.5. The van der Waals surface area contributed by atoms with E-state index in [2.05, 4.69) is 52.8 Å². The van der Waals surface area contributed by atoms with E-state index in [4.69, 9.17) is 13.6 Å². The van der Waals surface area contributed by atoms with Gasteiger partial charge in [-0.2, -0.15) is 0 Å². The number of carbonyl (C=O) groups excluding carboxylic acids is 1. The molecule has 6 atom stereocenters. The molecule has 43 heavy (non-hydrogen) atoms. The first kappa shape index (κ1) is 31.1. The molecule has 0 amide bonds. The van der Waals surface area contributed by atoms with Gasteiger partial charge in [-0.3, -0.25) is 13.8 Å². The van der Waals surface area contributed by atoms with Crippen molar-refractivity contribution in [2.75, 3.05) is 13.2 Å². The largest absolute Gasteiger partial charge is 0.532 e. The minimum Gasteiger partial charge on any atom is -0.507 e. The molecule has 4 saturated carbocycles. The number of phenolic OH excluding ortho intramolecular Hbond substituents is 1. The minimum atomic E-state index is -3.95. The zero-order valence-electron chi connectivity index (χ0n) is 27.5. The third kappa shape index (κ3) is 4.48. The van der Waals surface area contributed by atoms with Crippen molar-refractivity contribution in [1.82, 2.24) is 0 Å². The van der Waals surface area contributed by atoms with Crippen LogP contribution in [0.1, 0.15) is 117 Å². The molecule has 1 aromatic carbocycles. The maximum atomic E-state index is 13.8. The summed E-state index contributed by atoms with van der Waals surface area (Å²) in [6.45, 7) is 17.6. The third-order valence-corrected chi connectivity index (χ3v) is 14.6. The first-order valence-corrected chi connectivity index (χ1v) is 18.0. The van der Waals surface area contributed by atoms with Crippen LogP contribution in [0.15, 0.2) is 17.7 Å². The molecule has 0 bridgehead atoms. The lowest BCUT2D eigenvalue weighted by Crippen LogP contribution is -2.63. The highest BCUT2D eigenvalue weighted by Crippen LogP contribution is 2.74. The van der Waals surface area contributed by atoms with Crippen LogP contribution in [0.5, 0.6) is 5.75 Å². The van der Waals surface area contributed by atoms with Gasteiger partial charge in [-0.05, 0) is 130 Å². The van der Waals surface area contributed by atoms with Crippen LogP contribution < -0.4 is 10.4 Å². The molecule has 0 unspecified atom stereocenters. The second-order valence-electron chi connectivity index (χ2n) is 15.4. The lowest BCUT2D eigenvalue weighted by atomic mass is 9.35. The molecule has 6 nitrogen and oxygen atoms in total. The van der Waals surface area contributed by atoms with E-state index in [1.807, 2.05) is 6.92 Å². The number of phosphoric acid groups is 1. The number of phosphoric ester groups is 1. The van der Waals surface area contributed by atoms with E-state index in [1.54, 1.807) is 13.8 Å². The molecule has 236 valence electrons. The van der Waals surface area contributed by atoms with Gasteiger partial charge in [0.25, 0.3) is 0 Å². The fraction of sp³-hybridized carbons (Fsp3) is 0.694. The van der Waals surface area contributed by atoms with Gasteiger partial charge in [0, 0.05) is 10.6 Å². The van der Waals surface area contributed by atoms with Gasteiger partial charge in [0.05, 0.1) is 18.6 Å². The van der Waals surface area contributed by atoms with Gasteiger partial charge in [0.2, 0.25) is 0 Å². The highest BCUT2D eigenvalue weighted by atomic mass is 31.2. The Morgan fingerprint density at radius 2 is 1.60 bits per heavy atom. The molecule has 0 saturated heterocycles. The summed E-state index contributed by atoms with van der Waals surface area (Å²) in [5, 5.41) is 13.3. The van der Waals surface area contributed by atoms with Crippen LogP contribution in [-0.4, -0.2) is 24.3 Å². The highest BCUT2D eigenvalue weighted by molar-refractivity contribution is 7.49. The fourth-order valence-corrected chi connectivity index (χ4v) is 11.1. The maximum Gasteiger partial charge on any atom is 0.532 e. The van der Waals surface area contributed by atoms with Crippen LogP contribution >= 0.6 is 7.82 Å². The number of hydrogen-bond donors (Lipinski definition) is 1. The van der Waals surface area contributed by atoms with E-state index in [1.165, 1.54) is 21.9 Å². The minimum absolute atomic E-state index is 0.0256. The summed E-state index contributed by atoms with van der Waals surface area (Å²) in [5.41, 5.74) is 4.42. The summed E-state index contributed by atoms with van der Waals surface area (Å²) in [6, 6.07) is 2.31. The summed E-state index contributed by atoms with van der Waals surface area (Å²) in [7, 11) is -3.95. The number of phenols is 1. The molecule has 1 N–H and O–H groups in total. The van der Waals surface area contributed by atoms with Gasteiger partial charge >= 0.3 is 13.8 Å². The molecule has 5 aliphatic carbocycles. The molecule has 6 rings (SSSR count). The second-order valence-corrected chi connectivity index (χ2v) is 17.0. The number of fused-ring (bicyclic) bond motifs is 7. The monoisotopic (exact) mass is 610 g/mol. The molecule has 0 spiro atoms. The van der Waals surface area contributed by atoms with E-state index in [0.717, 1.165) is 55.7 Å². The number of rotatable bonds is 6. The van der Waals surface area contributed by atoms with Crippen molar-refractivity contribution in [2.45, 2.75) is 119 Å². The Hall–Kier alpha value is -1.88. The Morgan fingerprint density at radius 1 is 0.953 bits per heavy atom. The van der Waals surface area contributed by atoms with Crippen LogP contribution in [0.3, 0.4) is 0 Å². The first-order chi connectivity index (χ1) is 20.1. The summed E-state index contributed by atoms with van der Waals surface area (Å²) in [4.78, 5) is 13.8. The molecule has 0 heterocycles. The predicted molar refractivity (Wildman–Crippen MR) is 170 cm³/mol. The molecule has 0 aromatic heterocycles. The van der Waals surface area contributed by atoms with Gasteiger partial charge in [-0.1, -0.05) is 51.0 Å². The molecule has 1 aromatic rings. The maximum absolute atomic E-state index is 13.8. The Kier molecular flexibility index (Phi) is 7.28. The lowest BCUT2D eigenvalue weighted by Gasteiger charge is -2.69. The molecule has 4 fully saturated rings. The number of hydrogen-bond acceptors (Lipinski definition) is 6. The number of carbonyl (C=O) groups is 1. The Bertz CT molecular complexity index is 1560. The fourth-order valence-electron chi connectivity index (χ4n) is 9.89. The van der Waals surface area contributed by atoms with Crippen molar-refractivity contribution in [3.8, 4) is 5.75 Å². The molecule has 0 radical (unpaired) electrons. The van der Waals surface area contributed by atoms with Crippen molar-refractivity contribution in [2.24, 2.45) is 27.6 Å². The standard InChI is InChI=1S/C36H51O6P/c1-9-40-43(39,41-10-2)42-31(38)33(5)16-15-32(4)17-19-35(7)28-14-13-25-23(3)30(37)26(24-11-12-24)21-27(25)34(28,6)18-20-36(35,8)29(32)22-33/h13-14,21,29,37H,9-12,15-20,22H2,1-8H3/t29-,32-,33-,34+,35-,36+/m1/s1. The normalized spacial score (nSPS) is 38.1. The number of benzene rings is 1. The summed E-state index contributed by atoms with van der Waals surface area (Å²) < 4.78 is 29.4. The van der Waals surface area contributed by atoms with Crippen LogP contribution in [-0.2, 0) is 28.3 Å². The Labute approximate surface area is 257 Å². The van der Waals surface area contributed by atoms with Gasteiger partial charge in [-0.15, -0.1) is 0 Å². The summed E-state index contributed by atoms with van der Waals surface area (Å²) in [6.07, 6.45) is 13.5. The van der Waals surface area contributed by atoms with E-state index in [0.29, 0.717) is 24.5 Å². The Balaban J connectivity index is 1.38. The molecular formula is C36H51O6P. The van der Waals surface area contributed by atoms with E-state index < -0.39 is 19.2 Å². The molecule has 5 aliphatic rings. The number of allylic oxidation sites excluding steroid dienone is 2. The molecule has 7 heteroatoms. The van der Waals surface area contributed by atoms with E-state index in [9.17, 15) is 14.5 Å². The average Bonchev–Trinajstić information content (AvgIpc) is 3.79. The quantitative estimate of drug-likeness (QED) is 0.332. The number of aromatic hydroxyl groups is 1. The van der Waals surface area contributed by atoms with Crippen LogP contribution in [0, 0.1) is 34.5 Å². The van der Waals surface area contributed by atoms with Crippen molar-refractivity contribution < 1.29 is 28.0 Å². The SMILES string of the molecule is CCOP(=O)(OCC)OC(=O)[C@]1(C)CC[C@]2(C)CC[C@]3(C)C4=CC=c5c(cc(=C6CC6)c(O)c5C)[C@]4(C)CC[C@@]3(C)[C@@H]2C1. The van der Waals surface area contributed by atoms with Crippen molar-refractivity contribution >= 4 is 25.4 Å². The van der Waals surface area contributed by atoms with Crippen LogP contribution in [0.2, 0.25) is 0 Å². The second kappa shape index (κ2) is 10.1. The lowest BCUT2D eigenvalue weighted by molar-refractivity contribution is -0.176. The van der Waals surface area contributed by atoms with Crippen molar-refractivity contribution in [1.29, 1.82) is 0 Å². The van der Waals surface area contributed by atoms with Crippen LogP contribution in [0.4, 0.5) is 0 Å². The summed E-state index contributed by atoms with van der Waals surface area (Å²) >= 11 is 0. The van der Waals surface area contributed by atoms with Gasteiger partial charge < -0.3 is 9.63 Å². The van der Waals surface area contributed by atoms with Gasteiger partial charge in [0.15, 0.2) is 0 Å². The molecule has 0 aliphatic heterocycles. The average molecular weight is 611 g/mol. The Morgan fingerprint density at radius 3 is 2.23 bits per heavy atom. The molecular weight excluding hydrogens is 559 g/mol. The highest BCUT2D eigenvalue weighted by Gasteiger charge is 2.67. The zero-order valence-corrected chi connectivity index (χ0v) is 28.4. The van der Waals surface area contributed by atoms with Crippen LogP contribution in [0.25, 0.3) is 11.6 Å². The zero-order chi connectivity index (χ0) is 31.2. The van der Waals surface area contributed by atoms with E-state index >= 15 is 0 Å². The van der Waals surface area contributed by atoms with Crippen molar-refractivity contribution in [3.05, 3.63) is 39.3 Å².